The van der Waals surface area contributed by atoms with Gasteiger partial charge in [-0.2, -0.15) is 57.1 Å². The molecule has 0 radical (unpaired) electrons. The minimum absolute atomic E-state index is 0.0967. The minimum atomic E-state index is -7.96. The standard InChI is InChI=1S/C24H21F13O4/c25-19(26,20(27,28)21(29,30)22(31,32)23(33,34)24(35,36)37)9-1-2-15-10-14(13-3-6-16(39)7-4-13)5-8-18(15)41-12-17(40)11-38/h3-8,10,17,38-40H,1-2,9,11-12H2. The van der Waals surface area contributed by atoms with Gasteiger partial charge in [0, 0.05) is 6.42 Å². The first kappa shape index (κ1) is 34.3. The molecule has 1 atom stereocenters. The van der Waals surface area contributed by atoms with Crippen molar-refractivity contribution < 1.29 is 77.1 Å². The molecule has 0 aliphatic rings. The Balaban J connectivity index is 2.34. The quantitative estimate of drug-likeness (QED) is 0.214. The van der Waals surface area contributed by atoms with Crippen molar-refractivity contribution in [3.63, 3.8) is 0 Å². The molecule has 0 amide bonds. The summed E-state index contributed by atoms with van der Waals surface area (Å²) in [4.78, 5) is 0. The van der Waals surface area contributed by atoms with E-state index in [4.69, 9.17) is 9.84 Å². The number of hydrogen-bond acceptors (Lipinski definition) is 4. The predicted octanol–water partition coefficient (Wildman–Crippen LogP) is 6.85. The lowest BCUT2D eigenvalue weighted by Gasteiger charge is -2.39. The van der Waals surface area contributed by atoms with Crippen molar-refractivity contribution in [3.8, 4) is 22.6 Å². The summed E-state index contributed by atoms with van der Waals surface area (Å²) in [6.45, 7) is -1.33. The first-order valence-electron chi connectivity index (χ1n) is 11.3. The molecular formula is C24H21F13O4. The fourth-order valence-corrected chi connectivity index (χ4v) is 3.45. The summed E-state index contributed by atoms with van der Waals surface area (Å²) < 4.78 is 179. The molecule has 2 aromatic carbocycles. The van der Waals surface area contributed by atoms with Crippen LogP contribution in [0.2, 0.25) is 0 Å². The maximum atomic E-state index is 14.2. The van der Waals surface area contributed by atoms with Crippen molar-refractivity contribution in [1.29, 1.82) is 0 Å². The molecule has 0 heterocycles. The van der Waals surface area contributed by atoms with Crippen LogP contribution in [0.25, 0.3) is 11.1 Å². The number of halogens is 13. The van der Waals surface area contributed by atoms with Crippen molar-refractivity contribution in [2.45, 2.75) is 61.2 Å². The Labute approximate surface area is 223 Å². The Morgan fingerprint density at radius 3 is 1.71 bits per heavy atom. The predicted molar refractivity (Wildman–Crippen MR) is 116 cm³/mol. The van der Waals surface area contributed by atoms with Crippen LogP contribution in [0.4, 0.5) is 57.1 Å². The van der Waals surface area contributed by atoms with E-state index in [9.17, 15) is 67.3 Å². The molecule has 0 spiro atoms. The summed E-state index contributed by atoms with van der Waals surface area (Å²) in [5.74, 6) is -37.5. The summed E-state index contributed by atoms with van der Waals surface area (Å²) in [6, 6.07) is 9.16. The van der Waals surface area contributed by atoms with Gasteiger partial charge < -0.3 is 20.1 Å². The van der Waals surface area contributed by atoms with E-state index in [1.54, 1.807) is 0 Å². The summed E-state index contributed by atoms with van der Waals surface area (Å²) in [5.41, 5.74) is 0.628. The zero-order chi connectivity index (χ0) is 31.7. The van der Waals surface area contributed by atoms with Crippen LogP contribution in [-0.4, -0.2) is 70.4 Å². The molecule has 2 aromatic rings. The summed E-state index contributed by atoms with van der Waals surface area (Å²) in [7, 11) is 0. The van der Waals surface area contributed by atoms with Crippen LogP contribution < -0.4 is 4.74 Å². The van der Waals surface area contributed by atoms with Gasteiger partial charge in [0.05, 0.1) is 6.61 Å². The molecule has 2 rings (SSSR count). The van der Waals surface area contributed by atoms with Crippen LogP contribution in [-0.2, 0) is 6.42 Å². The Morgan fingerprint density at radius 2 is 1.20 bits per heavy atom. The number of ether oxygens (including phenoxy) is 1. The van der Waals surface area contributed by atoms with Crippen LogP contribution >= 0.6 is 0 Å². The highest BCUT2D eigenvalue weighted by Gasteiger charge is 2.90. The van der Waals surface area contributed by atoms with Gasteiger partial charge in [0.1, 0.15) is 24.2 Å². The number of phenolic OH excluding ortho intramolecular Hbond substituents is 1. The van der Waals surface area contributed by atoms with Crippen LogP contribution in [0, 0.1) is 0 Å². The number of aliphatic hydroxyl groups excluding tert-OH is 2. The zero-order valence-electron chi connectivity index (χ0n) is 20.3. The fraction of sp³-hybridized carbons (Fsp3) is 0.500. The summed E-state index contributed by atoms with van der Waals surface area (Å²) in [6.07, 6.45) is -13.2. The maximum absolute atomic E-state index is 14.2. The highest BCUT2D eigenvalue weighted by atomic mass is 19.4. The number of alkyl halides is 13. The van der Waals surface area contributed by atoms with E-state index in [1.165, 1.54) is 42.5 Å². The van der Waals surface area contributed by atoms with Gasteiger partial charge in [-0.3, -0.25) is 0 Å². The molecule has 0 bridgehead atoms. The topological polar surface area (TPSA) is 69.9 Å². The molecule has 3 N–H and O–H groups in total. The molecule has 0 fully saturated rings. The van der Waals surface area contributed by atoms with E-state index in [0.29, 0.717) is 11.1 Å². The number of phenols is 1. The summed E-state index contributed by atoms with van der Waals surface area (Å²) >= 11 is 0. The van der Waals surface area contributed by atoms with Gasteiger partial charge in [0.15, 0.2) is 0 Å². The van der Waals surface area contributed by atoms with Crippen molar-refractivity contribution >= 4 is 0 Å². The van der Waals surface area contributed by atoms with Crippen LogP contribution in [0.3, 0.4) is 0 Å². The Bertz CT molecular complexity index is 1170. The first-order chi connectivity index (χ1) is 18.5. The van der Waals surface area contributed by atoms with Crippen LogP contribution in [0.5, 0.6) is 11.5 Å². The van der Waals surface area contributed by atoms with E-state index in [0.717, 1.165) is 0 Å². The lowest BCUT2D eigenvalue weighted by Crippen LogP contribution is -2.70. The minimum Gasteiger partial charge on any atom is -0.508 e. The first-order valence-corrected chi connectivity index (χ1v) is 11.3. The molecule has 17 heteroatoms. The molecule has 0 aliphatic carbocycles. The van der Waals surface area contributed by atoms with Gasteiger partial charge in [-0.25, -0.2) is 0 Å². The van der Waals surface area contributed by atoms with Gasteiger partial charge in [-0.05, 0) is 53.8 Å². The molecule has 0 saturated heterocycles. The molecule has 1 unspecified atom stereocenters. The van der Waals surface area contributed by atoms with E-state index in [-0.39, 0.29) is 17.1 Å². The molecule has 0 saturated carbocycles. The van der Waals surface area contributed by atoms with E-state index in [1.807, 2.05) is 0 Å². The monoisotopic (exact) mass is 620 g/mol. The van der Waals surface area contributed by atoms with Crippen molar-refractivity contribution in [2.75, 3.05) is 13.2 Å². The third-order valence-electron chi connectivity index (χ3n) is 5.84. The normalized spacial score (nSPS) is 14.7. The zero-order valence-corrected chi connectivity index (χ0v) is 20.3. The molecule has 0 aromatic heterocycles. The van der Waals surface area contributed by atoms with Gasteiger partial charge in [0.2, 0.25) is 0 Å². The van der Waals surface area contributed by atoms with Gasteiger partial charge in [-0.15, -0.1) is 0 Å². The van der Waals surface area contributed by atoms with Gasteiger partial charge in [-0.1, -0.05) is 18.2 Å². The smallest absolute Gasteiger partial charge is 0.460 e. The second kappa shape index (κ2) is 11.7. The van der Waals surface area contributed by atoms with E-state index < -0.39 is 74.4 Å². The van der Waals surface area contributed by atoms with Crippen LogP contribution in [0.1, 0.15) is 18.4 Å². The summed E-state index contributed by atoms with van der Waals surface area (Å²) in [5, 5.41) is 27.8. The average Bonchev–Trinajstić information content (AvgIpc) is 2.86. The third-order valence-corrected chi connectivity index (χ3v) is 5.84. The van der Waals surface area contributed by atoms with E-state index >= 15 is 0 Å². The highest BCUT2D eigenvalue weighted by Crippen LogP contribution is 2.60. The SMILES string of the molecule is OCC(O)COc1ccc(-c2ccc(O)cc2)cc1CCCC(F)(F)C(F)(F)C(F)(F)C(F)(F)C(F)(F)C(F)(F)F. The molecule has 0 aliphatic heterocycles. The number of aromatic hydroxyl groups is 1. The van der Waals surface area contributed by atoms with Crippen molar-refractivity contribution in [1.82, 2.24) is 0 Å². The lowest BCUT2D eigenvalue weighted by atomic mass is 9.91. The average molecular weight is 620 g/mol. The number of rotatable bonds is 13. The Hall–Kier alpha value is -2.95. The number of hydrogen-bond donors (Lipinski definition) is 3. The third kappa shape index (κ3) is 6.60. The van der Waals surface area contributed by atoms with Crippen LogP contribution in [0.15, 0.2) is 42.5 Å². The number of aryl methyl sites for hydroxylation is 1. The second-order valence-electron chi connectivity index (χ2n) is 8.87. The number of aliphatic hydroxyl groups is 2. The fourth-order valence-electron chi connectivity index (χ4n) is 3.45. The second-order valence-corrected chi connectivity index (χ2v) is 8.87. The molecule has 4 nitrogen and oxygen atoms in total. The maximum Gasteiger partial charge on any atom is 0.460 e. The van der Waals surface area contributed by atoms with E-state index in [2.05, 4.69) is 0 Å². The Kier molecular flexibility index (Phi) is 9.81. The number of benzene rings is 2. The van der Waals surface area contributed by atoms with Crippen molar-refractivity contribution in [2.24, 2.45) is 0 Å². The Morgan fingerprint density at radius 1 is 0.683 bits per heavy atom. The largest absolute Gasteiger partial charge is 0.508 e. The van der Waals surface area contributed by atoms with Gasteiger partial charge >= 0.3 is 35.8 Å². The molecule has 41 heavy (non-hydrogen) atoms. The van der Waals surface area contributed by atoms with Gasteiger partial charge in [0.25, 0.3) is 0 Å². The molecule has 232 valence electrons. The van der Waals surface area contributed by atoms with Crippen molar-refractivity contribution in [3.05, 3.63) is 48.0 Å². The molecular weight excluding hydrogens is 599 g/mol. The lowest BCUT2D eigenvalue weighted by molar-refractivity contribution is -0.440. The highest BCUT2D eigenvalue weighted by molar-refractivity contribution is 5.66.